The SMILES string of the molecule is O=C(O)c1cccc(CNCC2CCC(F)(F)CC2)c1. The van der Waals surface area contributed by atoms with E-state index in [9.17, 15) is 13.6 Å². The highest BCUT2D eigenvalue weighted by molar-refractivity contribution is 5.87. The first-order valence-corrected chi connectivity index (χ1v) is 6.87. The van der Waals surface area contributed by atoms with Crippen LogP contribution in [0, 0.1) is 5.92 Å². The van der Waals surface area contributed by atoms with Crippen LogP contribution in [0.25, 0.3) is 0 Å². The Bertz CT molecular complexity index is 467. The monoisotopic (exact) mass is 283 g/mol. The molecule has 0 bridgehead atoms. The van der Waals surface area contributed by atoms with Crippen LogP contribution in [0.15, 0.2) is 24.3 Å². The van der Waals surface area contributed by atoms with E-state index in [1.165, 1.54) is 0 Å². The minimum Gasteiger partial charge on any atom is -0.478 e. The van der Waals surface area contributed by atoms with Gasteiger partial charge in [-0.05, 0) is 43.0 Å². The average Bonchev–Trinajstić information content (AvgIpc) is 2.41. The second-order valence-electron chi connectivity index (χ2n) is 5.44. The fourth-order valence-electron chi connectivity index (χ4n) is 2.54. The van der Waals surface area contributed by atoms with E-state index in [4.69, 9.17) is 5.11 Å². The molecule has 0 amide bonds. The molecule has 2 N–H and O–H groups in total. The molecule has 1 aromatic rings. The van der Waals surface area contributed by atoms with Crippen LogP contribution in [0.3, 0.4) is 0 Å². The Kier molecular flexibility index (Phi) is 4.70. The number of nitrogens with one attached hydrogen (secondary N) is 1. The normalized spacial score (nSPS) is 18.9. The number of halogens is 2. The summed E-state index contributed by atoms with van der Waals surface area (Å²) < 4.78 is 26.0. The third-order valence-corrected chi connectivity index (χ3v) is 3.77. The maximum Gasteiger partial charge on any atom is 0.335 e. The van der Waals surface area contributed by atoms with Crippen LogP contribution in [0.2, 0.25) is 0 Å². The van der Waals surface area contributed by atoms with Crippen molar-refractivity contribution in [2.24, 2.45) is 5.92 Å². The zero-order chi connectivity index (χ0) is 14.6. The predicted octanol–water partition coefficient (Wildman–Crippen LogP) is 3.30. The Morgan fingerprint density at radius 3 is 2.70 bits per heavy atom. The Morgan fingerprint density at radius 1 is 1.35 bits per heavy atom. The van der Waals surface area contributed by atoms with Crippen LogP contribution < -0.4 is 5.32 Å². The molecule has 1 aliphatic rings. The van der Waals surface area contributed by atoms with Crippen LogP contribution in [0.5, 0.6) is 0 Å². The first-order chi connectivity index (χ1) is 9.46. The quantitative estimate of drug-likeness (QED) is 0.871. The van der Waals surface area contributed by atoms with Crippen LogP contribution in [0.1, 0.15) is 41.6 Å². The summed E-state index contributed by atoms with van der Waals surface area (Å²) in [6.45, 7) is 1.27. The van der Waals surface area contributed by atoms with Crippen LogP contribution >= 0.6 is 0 Å². The first-order valence-electron chi connectivity index (χ1n) is 6.87. The fourth-order valence-corrected chi connectivity index (χ4v) is 2.54. The number of aromatic carboxylic acids is 1. The largest absolute Gasteiger partial charge is 0.478 e. The van der Waals surface area contributed by atoms with Crippen molar-refractivity contribution in [1.29, 1.82) is 0 Å². The predicted molar refractivity (Wildman–Crippen MR) is 72.0 cm³/mol. The lowest BCUT2D eigenvalue weighted by Gasteiger charge is -2.28. The number of rotatable bonds is 5. The number of benzene rings is 1. The third kappa shape index (κ3) is 4.27. The molecular weight excluding hydrogens is 264 g/mol. The van der Waals surface area contributed by atoms with Crippen LogP contribution in [-0.4, -0.2) is 23.5 Å². The molecule has 110 valence electrons. The van der Waals surface area contributed by atoms with Crippen molar-refractivity contribution in [2.75, 3.05) is 6.54 Å². The minimum atomic E-state index is -2.48. The van der Waals surface area contributed by atoms with E-state index >= 15 is 0 Å². The summed E-state index contributed by atoms with van der Waals surface area (Å²) in [6, 6.07) is 6.75. The maximum absolute atomic E-state index is 13.0. The van der Waals surface area contributed by atoms with Gasteiger partial charge >= 0.3 is 5.97 Å². The number of hydrogen-bond acceptors (Lipinski definition) is 2. The average molecular weight is 283 g/mol. The van der Waals surface area contributed by atoms with Gasteiger partial charge in [-0.3, -0.25) is 0 Å². The minimum absolute atomic E-state index is 0.0200. The fraction of sp³-hybridized carbons (Fsp3) is 0.533. The van der Waals surface area contributed by atoms with E-state index in [1.807, 2.05) is 6.07 Å². The number of carbonyl (C=O) groups is 1. The lowest BCUT2D eigenvalue weighted by Crippen LogP contribution is -2.30. The van der Waals surface area contributed by atoms with Gasteiger partial charge in [-0.2, -0.15) is 0 Å². The van der Waals surface area contributed by atoms with Gasteiger partial charge in [0.25, 0.3) is 0 Å². The second-order valence-corrected chi connectivity index (χ2v) is 5.44. The van der Waals surface area contributed by atoms with Crippen molar-refractivity contribution < 1.29 is 18.7 Å². The van der Waals surface area contributed by atoms with E-state index in [-0.39, 0.29) is 24.3 Å². The third-order valence-electron chi connectivity index (χ3n) is 3.77. The first kappa shape index (κ1) is 14.9. The highest BCUT2D eigenvalue weighted by Crippen LogP contribution is 2.35. The smallest absolute Gasteiger partial charge is 0.335 e. The van der Waals surface area contributed by atoms with Gasteiger partial charge in [0.1, 0.15) is 0 Å². The van der Waals surface area contributed by atoms with Crippen molar-refractivity contribution in [3.05, 3.63) is 35.4 Å². The summed E-state index contributed by atoms with van der Waals surface area (Å²) in [5.74, 6) is -3.13. The molecule has 2 rings (SSSR count). The molecule has 1 aromatic carbocycles. The Labute approximate surface area is 117 Å². The summed E-state index contributed by atoms with van der Waals surface area (Å²) in [5.41, 5.74) is 1.16. The van der Waals surface area contributed by atoms with Crippen molar-refractivity contribution in [1.82, 2.24) is 5.32 Å². The Morgan fingerprint density at radius 2 is 2.05 bits per heavy atom. The zero-order valence-corrected chi connectivity index (χ0v) is 11.2. The van der Waals surface area contributed by atoms with Crippen molar-refractivity contribution >= 4 is 5.97 Å². The molecule has 1 saturated carbocycles. The Balaban J connectivity index is 1.76. The van der Waals surface area contributed by atoms with Gasteiger partial charge in [0.2, 0.25) is 5.92 Å². The second kappa shape index (κ2) is 6.31. The van der Waals surface area contributed by atoms with Gasteiger partial charge in [0.15, 0.2) is 0 Å². The number of alkyl halides is 2. The molecular formula is C15H19F2NO2. The number of carboxylic acids is 1. The topological polar surface area (TPSA) is 49.3 Å². The van der Waals surface area contributed by atoms with Gasteiger partial charge in [0, 0.05) is 19.4 Å². The molecule has 1 fully saturated rings. The summed E-state index contributed by atoms with van der Waals surface area (Å²) in [7, 11) is 0. The lowest BCUT2D eigenvalue weighted by molar-refractivity contribution is -0.0455. The summed E-state index contributed by atoms with van der Waals surface area (Å²) >= 11 is 0. The molecule has 0 heterocycles. The molecule has 0 radical (unpaired) electrons. The van der Waals surface area contributed by atoms with Gasteiger partial charge in [-0.1, -0.05) is 12.1 Å². The molecule has 0 unspecified atom stereocenters. The zero-order valence-electron chi connectivity index (χ0n) is 11.2. The van der Waals surface area contributed by atoms with E-state index in [0.29, 0.717) is 25.9 Å². The molecule has 0 saturated heterocycles. The van der Waals surface area contributed by atoms with Gasteiger partial charge in [-0.15, -0.1) is 0 Å². The van der Waals surface area contributed by atoms with Crippen LogP contribution in [0.4, 0.5) is 8.78 Å². The summed E-state index contributed by atoms with van der Waals surface area (Å²) in [6.07, 6.45) is 1.06. The van der Waals surface area contributed by atoms with Crippen LogP contribution in [-0.2, 0) is 6.54 Å². The summed E-state index contributed by atoms with van der Waals surface area (Å²) in [5, 5.41) is 12.1. The van der Waals surface area contributed by atoms with E-state index in [1.54, 1.807) is 18.2 Å². The molecule has 1 aliphatic carbocycles. The number of hydrogen-bond donors (Lipinski definition) is 2. The van der Waals surface area contributed by atoms with Gasteiger partial charge < -0.3 is 10.4 Å². The molecule has 0 aliphatic heterocycles. The summed E-state index contributed by atoms with van der Waals surface area (Å²) in [4.78, 5) is 10.8. The Hall–Kier alpha value is -1.49. The standard InChI is InChI=1S/C15H19F2NO2/c16-15(17)6-4-11(5-7-15)9-18-10-12-2-1-3-13(8-12)14(19)20/h1-3,8,11,18H,4-7,9-10H2,(H,19,20). The molecule has 20 heavy (non-hydrogen) atoms. The highest BCUT2D eigenvalue weighted by atomic mass is 19.3. The lowest BCUT2D eigenvalue weighted by atomic mass is 9.87. The van der Waals surface area contributed by atoms with Gasteiger partial charge in [-0.25, -0.2) is 13.6 Å². The molecule has 5 heteroatoms. The van der Waals surface area contributed by atoms with Crippen molar-refractivity contribution in [3.63, 3.8) is 0 Å². The molecule has 0 aromatic heterocycles. The molecule has 3 nitrogen and oxygen atoms in total. The van der Waals surface area contributed by atoms with Crippen molar-refractivity contribution in [2.45, 2.75) is 38.2 Å². The molecule has 0 spiro atoms. The highest BCUT2D eigenvalue weighted by Gasteiger charge is 2.34. The van der Waals surface area contributed by atoms with Gasteiger partial charge in [0.05, 0.1) is 5.56 Å². The van der Waals surface area contributed by atoms with Crippen molar-refractivity contribution in [3.8, 4) is 0 Å². The number of carboxylic acid groups (broad SMARTS) is 1. The van der Waals surface area contributed by atoms with E-state index < -0.39 is 11.9 Å². The molecule has 0 atom stereocenters. The maximum atomic E-state index is 13.0. The van der Waals surface area contributed by atoms with E-state index in [0.717, 1.165) is 5.56 Å². The van der Waals surface area contributed by atoms with E-state index in [2.05, 4.69) is 5.32 Å².